The van der Waals surface area contributed by atoms with E-state index in [9.17, 15) is 18.0 Å². The highest BCUT2D eigenvalue weighted by molar-refractivity contribution is 5.81. The lowest BCUT2D eigenvalue weighted by Gasteiger charge is -2.09. The lowest BCUT2D eigenvalue weighted by atomic mass is 10.1. The van der Waals surface area contributed by atoms with Crippen LogP contribution in [0.3, 0.4) is 0 Å². The Hall–Kier alpha value is -0.780. The largest absolute Gasteiger partial charge is 0.471 e. The first kappa shape index (κ1) is 13.2. The van der Waals surface area contributed by atoms with Crippen molar-refractivity contribution < 1.29 is 23.1 Å². The molecule has 0 aliphatic heterocycles. The first-order chi connectivity index (χ1) is 6.38. The molecule has 84 valence electrons. The minimum atomic E-state index is -4.82. The first-order valence-electron chi connectivity index (χ1n) is 4.41. The fourth-order valence-corrected chi connectivity index (χ4v) is 0.844. The fraction of sp³-hybridized carbons (Fsp3) is 0.875. The molecular formula is C8H14F3NO2. The van der Waals surface area contributed by atoms with E-state index >= 15 is 0 Å². The van der Waals surface area contributed by atoms with Crippen LogP contribution in [0, 0.1) is 0 Å². The molecule has 0 fully saturated rings. The molecule has 0 spiro atoms. The van der Waals surface area contributed by atoms with Gasteiger partial charge in [0, 0.05) is 6.54 Å². The van der Waals surface area contributed by atoms with E-state index < -0.39 is 18.2 Å². The molecule has 0 aromatic rings. The van der Waals surface area contributed by atoms with Gasteiger partial charge in [0.15, 0.2) is 0 Å². The van der Waals surface area contributed by atoms with Gasteiger partial charge in [-0.2, -0.15) is 13.2 Å². The minimum Gasteiger partial charge on any atom is -0.393 e. The summed E-state index contributed by atoms with van der Waals surface area (Å²) in [6, 6.07) is 0. The number of amides is 1. The lowest BCUT2D eigenvalue weighted by molar-refractivity contribution is -0.173. The molecule has 0 rings (SSSR count). The predicted octanol–water partition coefficient (Wildman–Crippen LogP) is 1.22. The summed E-state index contributed by atoms with van der Waals surface area (Å²) in [5.41, 5.74) is 0. The molecule has 6 heteroatoms. The Labute approximate surface area is 80.3 Å². The predicted molar refractivity (Wildman–Crippen MR) is 44.6 cm³/mol. The van der Waals surface area contributed by atoms with Gasteiger partial charge >= 0.3 is 12.1 Å². The molecule has 0 heterocycles. The van der Waals surface area contributed by atoms with E-state index in [0.29, 0.717) is 19.3 Å². The second kappa shape index (κ2) is 5.85. The summed E-state index contributed by atoms with van der Waals surface area (Å²) in [5.74, 6) is -1.93. The summed E-state index contributed by atoms with van der Waals surface area (Å²) in [5, 5.41) is 10.8. The van der Waals surface area contributed by atoms with Crippen molar-refractivity contribution in [3.05, 3.63) is 0 Å². The van der Waals surface area contributed by atoms with Gasteiger partial charge in [-0.05, 0) is 19.3 Å². The first-order valence-corrected chi connectivity index (χ1v) is 4.41. The van der Waals surface area contributed by atoms with E-state index in [4.69, 9.17) is 5.11 Å². The summed E-state index contributed by atoms with van der Waals surface area (Å²) in [6.45, 7) is 1.72. The Bertz CT molecular complexity index is 182. The number of halogens is 3. The lowest BCUT2D eigenvalue weighted by Crippen LogP contribution is -2.37. The van der Waals surface area contributed by atoms with E-state index in [1.165, 1.54) is 0 Å². The van der Waals surface area contributed by atoms with Crippen molar-refractivity contribution in [1.82, 2.24) is 5.32 Å². The van der Waals surface area contributed by atoms with Crippen molar-refractivity contribution in [3.8, 4) is 0 Å². The normalized spacial score (nSPS) is 13.8. The van der Waals surface area contributed by atoms with Gasteiger partial charge < -0.3 is 10.4 Å². The van der Waals surface area contributed by atoms with Crippen LogP contribution in [0.1, 0.15) is 26.2 Å². The molecule has 0 aromatic carbocycles. The summed E-state index contributed by atoms with van der Waals surface area (Å²) in [7, 11) is 0. The highest BCUT2D eigenvalue weighted by Crippen LogP contribution is 2.13. The van der Waals surface area contributed by atoms with Crippen molar-refractivity contribution >= 4 is 5.91 Å². The minimum absolute atomic E-state index is 0.0601. The van der Waals surface area contributed by atoms with Gasteiger partial charge in [-0.25, -0.2) is 0 Å². The second-order valence-electron chi connectivity index (χ2n) is 2.96. The number of carbonyl (C=O) groups is 1. The Morgan fingerprint density at radius 1 is 1.50 bits per heavy atom. The Morgan fingerprint density at radius 3 is 2.50 bits per heavy atom. The van der Waals surface area contributed by atoms with Crippen LogP contribution in [0.25, 0.3) is 0 Å². The molecular weight excluding hydrogens is 199 g/mol. The van der Waals surface area contributed by atoms with Gasteiger partial charge in [-0.1, -0.05) is 6.92 Å². The highest BCUT2D eigenvalue weighted by Gasteiger charge is 2.38. The zero-order valence-corrected chi connectivity index (χ0v) is 7.90. The third-order valence-electron chi connectivity index (χ3n) is 1.73. The maximum absolute atomic E-state index is 11.6. The van der Waals surface area contributed by atoms with Crippen LogP contribution in [0.15, 0.2) is 0 Å². The number of aliphatic hydroxyl groups is 1. The number of hydrogen-bond donors (Lipinski definition) is 2. The van der Waals surface area contributed by atoms with E-state index in [0.717, 1.165) is 0 Å². The van der Waals surface area contributed by atoms with Gasteiger partial charge in [0.1, 0.15) is 0 Å². The number of nitrogens with one attached hydrogen (secondary N) is 1. The third-order valence-corrected chi connectivity index (χ3v) is 1.73. The van der Waals surface area contributed by atoms with Crippen LogP contribution < -0.4 is 5.32 Å². The van der Waals surface area contributed by atoms with Crippen molar-refractivity contribution in [2.75, 3.05) is 6.54 Å². The zero-order chi connectivity index (χ0) is 11.2. The summed E-state index contributed by atoms with van der Waals surface area (Å²) in [6.07, 6.45) is -4.01. The Morgan fingerprint density at radius 2 is 2.07 bits per heavy atom. The maximum atomic E-state index is 11.6. The quantitative estimate of drug-likeness (QED) is 0.674. The molecule has 14 heavy (non-hydrogen) atoms. The maximum Gasteiger partial charge on any atom is 0.471 e. The van der Waals surface area contributed by atoms with Gasteiger partial charge in [-0.15, -0.1) is 0 Å². The molecule has 0 aliphatic rings. The molecule has 1 unspecified atom stereocenters. The van der Waals surface area contributed by atoms with E-state index in [1.54, 1.807) is 12.2 Å². The van der Waals surface area contributed by atoms with Gasteiger partial charge in [0.25, 0.3) is 0 Å². The van der Waals surface area contributed by atoms with Crippen LogP contribution in [-0.2, 0) is 4.79 Å². The van der Waals surface area contributed by atoms with E-state index in [2.05, 4.69) is 0 Å². The van der Waals surface area contributed by atoms with Crippen molar-refractivity contribution in [2.45, 2.75) is 38.5 Å². The average Bonchev–Trinajstić information content (AvgIpc) is 2.09. The number of carbonyl (C=O) groups excluding carboxylic acids is 1. The van der Waals surface area contributed by atoms with Crippen molar-refractivity contribution in [1.29, 1.82) is 0 Å². The van der Waals surface area contributed by atoms with Crippen molar-refractivity contribution in [2.24, 2.45) is 0 Å². The van der Waals surface area contributed by atoms with E-state index in [-0.39, 0.29) is 6.54 Å². The summed E-state index contributed by atoms with van der Waals surface area (Å²) >= 11 is 0. The SMILES string of the molecule is CCC(O)CCCNC(=O)C(F)(F)F. The molecule has 0 aliphatic carbocycles. The standard InChI is InChI=1S/C8H14F3NO2/c1-2-6(13)4-3-5-12-7(14)8(9,10)11/h6,13H,2-5H2,1H3,(H,12,14). The topological polar surface area (TPSA) is 49.3 Å². The molecule has 2 N–H and O–H groups in total. The van der Waals surface area contributed by atoms with E-state index in [1.807, 2.05) is 0 Å². The highest BCUT2D eigenvalue weighted by atomic mass is 19.4. The van der Waals surface area contributed by atoms with Crippen LogP contribution in [0.4, 0.5) is 13.2 Å². The van der Waals surface area contributed by atoms with Crippen molar-refractivity contribution in [3.63, 3.8) is 0 Å². The Kier molecular flexibility index (Phi) is 5.52. The third kappa shape index (κ3) is 5.80. The molecule has 0 saturated heterocycles. The fourth-order valence-electron chi connectivity index (χ4n) is 0.844. The number of hydrogen-bond acceptors (Lipinski definition) is 2. The summed E-state index contributed by atoms with van der Waals surface area (Å²) < 4.78 is 34.9. The van der Waals surface area contributed by atoms with Crippen LogP contribution in [0.2, 0.25) is 0 Å². The zero-order valence-electron chi connectivity index (χ0n) is 7.90. The molecule has 3 nitrogen and oxygen atoms in total. The van der Waals surface area contributed by atoms with Gasteiger partial charge in [-0.3, -0.25) is 4.79 Å². The number of alkyl halides is 3. The van der Waals surface area contributed by atoms with Crippen LogP contribution in [0.5, 0.6) is 0 Å². The number of aliphatic hydroxyl groups excluding tert-OH is 1. The molecule has 1 amide bonds. The molecule has 0 saturated carbocycles. The number of rotatable bonds is 5. The van der Waals surface area contributed by atoms with Crippen LogP contribution in [-0.4, -0.2) is 29.8 Å². The average molecular weight is 213 g/mol. The smallest absolute Gasteiger partial charge is 0.393 e. The Balaban J connectivity index is 3.51. The van der Waals surface area contributed by atoms with Crippen LogP contribution >= 0.6 is 0 Å². The monoisotopic (exact) mass is 213 g/mol. The second-order valence-corrected chi connectivity index (χ2v) is 2.96. The summed E-state index contributed by atoms with van der Waals surface area (Å²) in [4.78, 5) is 10.3. The molecule has 0 radical (unpaired) electrons. The molecule has 0 bridgehead atoms. The van der Waals surface area contributed by atoms with Gasteiger partial charge in [0.2, 0.25) is 0 Å². The van der Waals surface area contributed by atoms with Gasteiger partial charge in [0.05, 0.1) is 6.10 Å². The molecule has 1 atom stereocenters. The molecule has 0 aromatic heterocycles.